The first-order chi connectivity index (χ1) is 12.7. The molecule has 0 amide bonds. The highest BCUT2D eigenvalue weighted by atomic mass is 16.5. The van der Waals surface area contributed by atoms with E-state index in [1.165, 1.54) is 12.8 Å². The second-order valence-corrected chi connectivity index (χ2v) is 7.17. The van der Waals surface area contributed by atoms with Crippen molar-refractivity contribution < 1.29 is 4.52 Å². The molecule has 1 aliphatic carbocycles. The lowest BCUT2D eigenvalue weighted by atomic mass is 9.95. The van der Waals surface area contributed by atoms with Gasteiger partial charge in [0.25, 0.3) is 0 Å². The summed E-state index contributed by atoms with van der Waals surface area (Å²) in [5.41, 5.74) is 2.66. The van der Waals surface area contributed by atoms with Gasteiger partial charge in [-0.25, -0.2) is 0 Å². The fourth-order valence-corrected chi connectivity index (χ4v) is 3.76. The third kappa shape index (κ3) is 3.05. The third-order valence-corrected chi connectivity index (χ3v) is 5.48. The van der Waals surface area contributed by atoms with Gasteiger partial charge >= 0.3 is 0 Å². The van der Waals surface area contributed by atoms with Gasteiger partial charge in [0.15, 0.2) is 11.6 Å². The minimum atomic E-state index is 0.321. The van der Waals surface area contributed by atoms with E-state index >= 15 is 0 Å². The van der Waals surface area contributed by atoms with Crippen LogP contribution in [0.5, 0.6) is 0 Å². The topological polar surface area (TPSA) is 91.7 Å². The van der Waals surface area contributed by atoms with Crippen LogP contribution in [-0.2, 0) is 12.8 Å². The van der Waals surface area contributed by atoms with E-state index in [0.717, 1.165) is 67.6 Å². The molecule has 26 heavy (non-hydrogen) atoms. The van der Waals surface area contributed by atoms with Crippen molar-refractivity contribution in [3.8, 4) is 6.07 Å². The predicted octanol–water partition coefficient (Wildman–Crippen LogP) is 3.12. The van der Waals surface area contributed by atoms with Gasteiger partial charge in [-0.3, -0.25) is 0 Å². The van der Waals surface area contributed by atoms with E-state index in [4.69, 9.17) is 4.52 Å². The lowest BCUT2D eigenvalue weighted by Crippen LogP contribution is -2.35. The Morgan fingerprint density at radius 2 is 1.85 bits per heavy atom. The summed E-state index contributed by atoms with van der Waals surface area (Å²) in [6.45, 7) is 5.78. The van der Waals surface area contributed by atoms with E-state index in [1.54, 1.807) is 0 Å². The van der Waals surface area contributed by atoms with Crippen molar-refractivity contribution in [2.24, 2.45) is 0 Å². The molecule has 1 aliphatic heterocycles. The molecule has 1 saturated heterocycles. The van der Waals surface area contributed by atoms with E-state index < -0.39 is 0 Å². The predicted molar refractivity (Wildman–Crippen MR) is 96.0 cm³/mol. The molecule has 3 heterocycles. The van der Waals surface area contributed by atoms with Gasteiger partial charge < -0.3 is 9.42 Å². The number of nitriles is 1. The van der Waals surface area contributed by atoms with E-state index in [0.29, 0.717) is 17.4 Å². The SMILES string of the molecule is CCc1nnc(N2CCC(c3noc(C4CC4)n3)CC2)c(C#N)c1CC. The van der Waals surface area contributed by atoms with Crippen molar-refractivity contribution in [3.05, 3.63) is 28.5 Å². The highest BCUT2D eigenvalue weighted by Gasteiger charge is 2.32. The van der Waals surface area contributed by atoms with Gasteiger partial charge in [0.2, 0.25) is 5.89 Å². The molecule has 7 heteroatoms. The van der Waals surface area contributed by atoms with Gasteiger partial charge in [-0.15, -0.1) is 5.10 Å². The summed E-state index contributed by atoms with van der Waals surface area (Å²) in [5.74, 6) is 3.19. The first kappa shape index (κ1) is 17.0. The van der Waals surface area contributed by atoms with Gasteiger partial charge in [0, 0.05) is 24.9 Å². The van der Waals surface area contributed by atoms with Crippen LogP contribution < -0.4 is 4.90 Å². The first-order valence-electron chi connectivity index (χ1n) is 9.62. The average molecular weight is 352 g/mol. The van der Waals surface area contributed by atoms with Crippen LogP contribution in [0.25, 0.3) is 0 Å². The highest BCUT2D eigenvalue weighted by molar-refractivity contribution is 5.58. The number of hydrogen-bond donors (Lipinski definition) is 0. The lowest BCUT2D eigenvalue weighted by Gasteiger charge is -2.32. The summed E-state index contributed by atoms with van der Waals surface area (Å²) in [7, 11) is 0. The number of aromatic nitrogens is 4. The summed E-state index contributed by atoms with van der Waals surface area (Å²) in [6, 6.07) is 2.37. The highest BCUT2D eigenvalue weighted by Crippen LogP contribution is 2.40. The number of rotatable bonds is 5. The van der Waals surface area contributed by atoms with Crippen molar-refractivity contribution in [1.29, 1.82) is 5.26 Å². The number of aryl methyl sites for hydroxylation is 1. The van der Waals surface area contributed by atoms with Gasteiger partial charge in [-0.1, -0.05) is 19.0 Å². The smallest absolute Gasteiger partial charge is 0.229 e. The Kier molecular flexibility index (Phi) is 4.58. The lowest BCUT2D eigenvalue weighted by molar-refractivity contribution is 0.364. The molecule has 0 atom stereocenters. The Hall–Kier alpha value is -2.49. The van der Waals surface area contributed by atoms with Crippen LogP contribution in [0.4, 0.5) is 5.82 Å². The van der Waals surface area contributed by atoms with Crippen LogP contribution in [0.2, 0.25) is 0 Å². The zero-order valence-corrected chi connectivity index (χ0v) is 15.4. The van der Waals surface area contributed by atoms with E-state index in [2.05, 4.69) is 45.2 Å². The molecule has 0 N–H and O–H groups in total. The van der Waals surface area contributed by atoms with Crippen molar-refractivity contribution in [2.75, 3.05) is 18.0 Å². The number of piperidine rings is 1. The quantitative estimate of drug-likeness (QED) is 0.816. The first-order valence-corrected chi connectivity index (χ1v) is 9.62. The van der Waals surface area contributed by atoms with Crippen molar-refractivity contribution in [1.82, 2.24) is 20.3 Å². The van der Waals surface area contributed by atoms with Gasteiger partial charge in [0.05, 0.1) is 5.69 Å². The average Bonchev–Trinajstić information content (AvgIpc) is 3.43. The van der Waals surface area contributed by atoms with Crippen LogP contribution in [-0.4, -0.2) is 33.4 Å². The summed E-state index contributed by atoms with van der Waals surface area (Å²) < 4.78 is 5.41. The Labute approximate surface area is 153 Å². The maximum atomic E-state index is 9.69. The van der Waals surface area contributed by atoms with Crippen LogP contribution in [0.1, 0.15) is 79.9 Å². The Balaban J connectivity index is 1.50. The van der Waals surface area contributed by atoms with Gasteiger partial charge in [0.1, 0.15) is 11.6 Å². The standard InChI is InChI=1S/C19H24N6O/c1-3-14-15(11-20)18(23-22-16(14)4-2)25-9-7-12(8-10-25)17-21-19(26-24-17)13-5-6-13/h12-13H,3-10H2,1-2H3. The van der Waals surface area contributed by atoms with Crippen LogP contribution in [0, 0.1) is 11.3 Å². The van der Waals surface area contributed by atoms with Crippen LogP contribution in [0.15, 0.2) is 4.52 Å². The van der Waals surface area contributed by atoms with E-state index in [9.17, 15) is 5.26 Å². The summed E-state index contributed by atoms with van der Waals surface area (Å²) in [4.78, 5) is 6.78. The van der Waals surface area contributed by atoms with Crippen molar-refractivity contribution >= 4 is 5.82 Å². The minimum Gasteiger partial charge on any atom is -0.354 e. The fourth-order valence-electron chi connectivity index (χ4n) is 3.76. The molecule has 2 aromatic heterocycles. The molecule has 0 spiro atoms. The molecule has 0 aromatic carbocycles. The zero-order chi connectivity index (χ0) is 18.1. The van der Waals surface area contributed by atoms with Crippen molar-refractivity contribution in [3.63, 3.8) is 0 Å². The molecule has 2 aliphatic rings. The van der Waals surface area contributed by atoms with E-state index in [-0.39, 0.29) is 0 Å². The fraction of sp³-hybridized carbons (Fsp3) is 0.632. The molecule has 0 bridgehead atoms. The maximum Gasteiger partial charge on any atom is 0.229 e. The second-order valence-electron chi connectivity index (χ2n) is 7.17. The van der Waals surface area contributed by atoms with Gasteiger partial charge in [-0.2, -0.15) is 15.3 Å². The van der Waals surface area contributed by atoms with Gasteiger partial charge in [-0.05, 0) is 44.1 Å². The molecule has 4 rings (SSSR count). The number of hydrogen-bond acceptors (Lipinski definition) is 7. The molecule has 0 unspecified atom stereocenters. The summed E-state index contributed by atoms with van der Waals surface area (Å²) in [5, 5.41) is 22.7. The number of anilines is 1. The molecule has 2 fully saturated rings. The zero-order valence-electron chi connectivity index (χ0n) is 15.4. The summed E-state index contributed by atoms with van der Waals surface area (Å²) in [6.07, 6.45) is 5.82. The largest absolute Gasteiger partial charge is 0.354 e. The third-order valence-electron chi connectivity index (χ3n) is 5.48. The molecule has 136 valence electrons. The molecular formula is C19H24N6O. The van der Waals surface area contributed by atoms with Crippen LogP contribution >= 0.6 is 0 Å². The Bertz CT molecular complexity index is 827. The molecule has 0 radical (unpaired) electrons. The summed E-state index contributed by atoms with van der Waals surface area (Å²) >= 11 is 0. The van der Waals surface area contributed by atoms with E-state index in [1.807, 2.05) is 0 Å². The maximum absolute atomic E-state index is 9.69. The molecule has 7 nitrogen and oxygen atoms in total. The monoisotopic (exact) mass is 352 g/mol. The normalized spacial score (nSPS) is 18.1. The minimum absolute atomic E-state index is 0.321. The molecule has 2 aromatic rings. The molecule has 1 saturated carbocycles. The van der Waals surface area contributed by atoms with Crippen molar-refractivity contribution in [2.45, 2.75) is 64.2 Å². The second kappa shape index (κ2) is 7.02. The number of nitrogens with zero attached hydrogens (tertiary/aromatic N) is 6. The Morgan fingerprint density at radius 3 is 2.46 bits per heavy atom. The molecular weight excluding hydrogens is 328 g/mol. The Morgan fingerprint density at radius 1 is 1.08 bits per heavy atom. The van der Waals surface area contributed by atoms with Crippen LogP contribution in [0.3, 0.4) is 0 Å².